The number of hydrogen-bond acceptors (Lipinski definition) is 7. The summed E-state index contributed by atoms with van der Waals surface area (Å²) < 4.78 is 24.8. The maximum atomic E-state index is 11.9. The van der Waals surface area contributed by atoms with E-state index in [2.05, 4.69) is 4.74 Å². The van der Waals surface area contributed by atoms with Crippen molar-refractivity contribution < 1.29 is 33.3 Å². The quantitative estimate of drug-likeness (QED) is 0.447. The number of cyclic esters (lactones) is 2. The van der Waals surface area contributed by atoms with Gasteiger partial charge in [-0.1, -0.05) is 11.6 Å². The van der Waals surface area contributed by atoms with Gasteiger partial charge in [0.2, 0.25) is 0 Å². The molecule has 114 valence electrons. The Hall–Kier alpha value is -1.83. The Morgan fingerprint density at radius 3 is 2.38 bits per heavy atom. The van der Waals surface area contributed by atoms with Crippen LogP contribution in [0.3, 0.4) is 0 Å². The summed E-state index contributed by atoms with van der Waals surface area (Å²) in [6.45, 7) is -0.125. The van der Waals surface area contributed by atoms with E-state index in [-0.39, 0.29) is 42.1 Å². The molecule has 0 aliphatic carbocycles. The van der Waals surface area contributed by atoms with Gasteiger partial charge < -0.3 is 23.7 Å². The molecule has 1 aromatic rings. The predicted octanol–water partition coefficient (Wildman–Crippen LogP) is 1.54. The van der Waals surface area contributed by atoms with Crippen molar-refractivity contribution in [2.75, 3.05) is 27.8 Å². The number of fused-ring (bicyclic) bond motifs is 1. The smallest absolute Gasteiger partial charge is 0.349 e. The third kappa shape index (κ3) is 3.26. The molecule has 21 heavy (non-hydrogen) atoms. The van der Waals surface area contributed by atoms with Crippen LogP contribution < -0.4 is 9.47 Å². The molecule has 1 aliphatic rings. The van der Waals surface area contributed by atoms with Crippen LogP contribution in [0.1, 0.15) is 15.9 Å². The molecule has 2 rings (SSSR count). The van der Waals surface area contributed by atoms with E-state index in [1.807, 2.05) is 0 Å². The van der Waals surface area contributed by atoms with Crippen molar-refractivity contribution in [1.82, 2.24) is 0 Å². The number of halogens is 1. The number of methoxy groups -OCH3 is 2. The molecule has 0 spiro atoms. The molecule has 1 heterocycles. The number of benzene rings is 1. The first-order chi connectivity index (χ1) is 10.1. The first-order valence-corrected chi connectivity index (χ1v) is 6.30. The van der Waals surface area contributed by atoms with Crippen LogP contribution in [0.15, 0.2) is 6.07 Å². The Bertz CT molecular complexity index is 570. The fraction of sp³-hybridized carbons (Fsp3) is 0.385. The first-order valence-electron chi connectivity index (χ1n) is 5.92. The van der Waals surface area contributed by atoms with Crippen molar-refractivity contribution in [3.63, 3.8) is 0 Å². The molecule has 0 amide bonds. The highest BCUT2D eigenvalue weighted by atomic mass is 35.5. The van der Waals surface area contributed by atoms with Crippen molar-refractivity contribution in [2.24, 2.45) is 0 Å². The molecule has 0 atom stereocenters. The fourth-order valence-corrected chi connectivity index (χ4v) is 2.12. The summed E-state index contributed by atoms with van der Waals surface area (Å²) in [5, 5.41) is 0.150. The van der Waals surface area contributed by atoms with E-state index in [1.165, 1.54) is 20.3 Å². The topological polar surface area (TPSA) is 80.3 Å². The molecular formula is C13H13ClO7. The monoisotopic (exact) mass is 316 g/mol. The molecule has 0 saturated carbocycles. The van der Waals surface area contributed by atoms with Gasteiger partial charge in [0.05, 0.1) is 11.4 Å². The molecule has 0 saturated heterocycles. The van der Waals surface area contributed by atoms with Crippen LogP contribution in [-0.4, -0.2) is 39.7 Å². The first kappa shape index (κ1) is 15.6. The van der Waals surface area contributed by atoms with E-state index in [0.717, 1.165) is 0 Å². The molecule has 0 fully saturated rings. The zero-order chi connectivity index (χ0) is 15.4. The molecule has 0 aromatic heterocycles. The van der Waals surface area contributed by atoms with Gasteiger partial charge in [-0.25, -0.2) is 4.79 Å². The molecule has 1 aliphatic heterocycles. The number of ether oxygens (including phenoxy) is 5. The summed E-state index contributed by atoms with van der Waals surface area (Å²) >= 11 is 6.17. The van der Waals surface area contributed by atoms with Gasteiger partial charge in [0.15, 0.2) is 13.6 Å². The van der Waals surface area contributed by atoms with Crippen molar-refractivity contribution in [1.29, 1.82) is 0 Å². The lowest BCUT2D eigenvalue weighted by molar-refractivity contribution is -0.137. The average Bonchev–Trinajstić information content (AvgIpc) is 2.45. The van der Waals surface area contributed by atoms with Gasteiger partial charge in [-0.05, 0) is 0 Å². The lowest BCUT2D eigenvalue weighted by Crippen LogP contribution is -2.24. The number of esters is 2. The normalized spacial score (nSPS) is 13.7. The van der Waals surface area contributed by atoms with Crippen LogP contribution in [-0.2, 0) is 25.4 Å². The Labute approximate surface area is 125 Å². The minimum absolute atomic E-state index is 0.0411. The van der Waals surface area contributed by atoms with Crippen LogP contribution in [0.4, 0.5) is 0 Å². The van der Waals surface area contributed by atoms with Crippen molar-refractivity contribution in [2.45, 2.75) is 6.42 Å². The van der Waals surface area contributed by atoms with Crippen molar-refractivity contribution in [3.8, 4) is 11.5 Å². The number of carbonyl (C=O) groups excluding carboxylic acids is 2. The molecule has 8 heteroatoms. The van der Waals surface area contributed by atoms with Gasteiger partial charge in [0, 0.05) is 25.8 Å². The SMILES string of the molecule is COCOc1cc(OCOC)c2c(c1Cl)CC(=O)OC2=O. The minimum atomic E-state index is -0.812. The maximum Gasteiger partial charge on any atom is 0.349 e. The van der Waals surface area contributed by atoms with E-state index in [4.69, 9.17) is 30.5 Å². The molecule has 0 bridgehead atoms. The van der Waals surface area contributed by atoms with E-state index in [1.54, 1.807) is 0 Å². The van der Waals surface area contributed by atoms with Crippen LogP contribution in [0.5, 0.6) is 11.5 Å². The second kappa shape index (κ2) is 6.75. The van der Waals surface area contributed by atoms with E-state index in [9.17, 15) is 9.59 Å². The van der Waals surface area contributed by atoms with E-state index in [0.29, 0.717) is 5.56 Å². The standard InChI is InChI=1S/C13H13ClO7/c1-17-5-19-8-4-9(20-6-18-2)12(14)7-3-10(15)21-13(16)11(7)8/h4H,3,5-6H2,1-2H3. The average molecular weight is 317 g/mol. The molecule has 0 radical (unpaired) electrons. The van der Waals surface area contributed by atoms with Gasteiger partial charge in [0.25, 0.3) is 0 Å². The Balaban J connectivity index is 2.50. The fourth-order valence-electron chi connectivity index (χ4n) is 1.85. The lowest BCUT2D eigenvalue weighted by Gasteiger charge is -2.21. The number of carbonyl (C=O) groups is 2. The lowest BCUT2D eigenvalue weighted by atomic mass is 10.0. The second-order valence-electron chi connectivity index (χ2n) is 4.08. The Morgan fingerprint density at radius 2 is 1.76 bits per heavy atom. The zero-order valence-electron chi connectivity index (χ0n) is 11.4. The number of rotatable bonds is 6. The van der Waals surface area contributed by atoms with E-state index >= 15 is 0 Å². The van der Waals surface area contributed by atoms with Gasteiger partial charge in [-0.2, -0.15) is 0 Å². The van der Waals surface area contributed by atoms with Crippen LogP contribution >= 0.6 is 11.6 Å². The Morgan fingerprint density at radius 1 is 1.14 bits per heavy atom. The summed E-state index contributed by atoms with van der Waals surface area (Å²) in [6.07, 6.45) is -0.145. The third-order valence-electron chi connectivity index (χ3n) is 2.69. The molecule has 0 unspecified atom stereocenters. The third-order valence-corrected chi connectivity index (χ3v) is 3.10. The Kier molecular flexibility index (Phi) is 5.00. The van der Waals surface area contributed by atoms with Crippen LogP contribution in [0.2, 0.25) is 5.02 Å². The molecule has 7 nitrogen and oxygen atoms in total. The van der Waals surface area contributed by atoms with Gasteiger partial charge >= 0.3 is 11.9 Å². The summed E-state index contributed by atoms with van der Waals surface area (Å²) in [4.78, 5) is 23.3. The summed E-state index contributed by atoms with van der Waals surface area (Å²) in [7, 11) is 2.89. The maximum absolute atomic E-state index is 11.9. The minimum Gasteiger partial charge on any atom is -0.467 e. The van der Waals surface area contributed by atoms with Crippen molar-refractivity contribution in [3.05, 3.63) is 22.2 Å². The van der Waals surface area contributed by atoms with Gasteiger partial charge in [-0.15, -0.1) is 0 Å². The highest BCUT2D eigenvalue weighted by molar-refractivity contribution is 6.34. The van der Waals surface area contributed by atoms with Gasteiger partial charge in [-0.3, -0.25) is 4.79 Å². The zero-order valence-corrected chi connectivity index (χ0v) is 12.2. The second-order valence-corrected chi connectivity index (χ2v) is 4.46. The largest absolute Gasteiger partial charge is 0.467 e. The van der Waals surface area contributed by atoms with Gasteiger partial charge in [0.1, 0.15) is 17.1 Å². The highest BCUT2D eigenvalue weighted by Crippen LogP contribution is 2.40. The molecule has 1 aromatic carbocycles. The molecule has 0 N–H and O–H groups in total. The summed E-state index contributed by atoms with van der Waals surface area (Å²) in [5.74, 6) is -1.09. The van der Waals surface area contributed by atoms with Crippen molar-refractivity contribution >= 4 is 23.5 Å². The van der Waals surface area contributed by atoms with Crippen LogP contribution in [0.25, 0.3) is 0 Å². The predicted molar refractivity (Wildman–Crippen MR) is 70.6 cm³/mol. The van der Waals surface area contributed by atoms with E-state index < -0.39 is 11.9 Å². The number of hydrogen-bond donors (Lipinski definition) is 0. The summed E-state index contributed by atoms with van der Waals surface area (Å²) in [5.41, 5.74) is 0.402. The summed E-state index contributed by atoms with van der Waals surface area (Å²) in [6, 6.07) is 1.43. The van der Waals surface area contributed by atoms with Crippen LogP contribution in [0, 0.1) is 0 Å². The molecular weight excluding hydrogens is 304 g/mol. The highest BCUT2D eigenvalue weighted by Gasteiger charge is 2.32.